The van der Waals surface area contributed by atoms with E-state index in [4.69, 9.17) is 0 Å². The van der Waals surface area contributed by atoms with Gasteiger partial charge in [0.15, 0.2) is 0 Å². The predicted octanol–water partition coefficient (Wildman–Crippen LogP) is 3.88. The van der Waals surface area contributed by atoms with Gasteiger partial charge in [-0.25, -0.2) is 0 Å². The van der Waals surface area contributed by atoms with E-state index in [0.717, 1.165) is 21.5 Å². The molecule has 3 rings (SSSR count). The van der Waals surface area contributed by atoms with E-state index in [1.807, 2.05) is 50.2 Å². The number of carbonyl (C=O) groups is 1. The van der Waals surface area contributed by atoms with Crippen molar-refractivity contribution in [3.05, 3.63) is 63.9 Å². The number of nitrogens with one attached hydrogen (secondary N) is 1. The van der Waals surface area contributed by atoms with Crippen molar-refractivity contribution in [3.8, 4) is 0 Å². The molecule has 0 saturated heterocycles. The van der Waals surface area contributed by atoms with Crippen LogP contribution in [0.1, 0.15) is 24.1 Å². The Labute approximate surface area is 138 Å². The highest BCUT2D eigenvalue weighted by molar-refractivity contribution is 7.14. The predicted molar refractivity (Wildman–Crippen MR) is 95.3 cm³/mol. The number of hydrogen-bond donors (Lipinski definition) is 1. The molecule has 0 radical (unpaired) electrons. The van der Waals surface area contributed by atoms with Gasteiger partial charge in [-0.3, -0.25) is 13.5 Å². The molecule has 118 valence electrons. The lowest BCUT2D eigenvalue weighted by Gasteiger charge is -2.14. The Kier molecular flexibility index (Phi) is 4.05. The van der Waals surface area contributed by atoms with Crippen molar-refractivity contribution in [1.82, 2.24) is 3.96 Å². The van der Waals surface area contributed by atoms with Crippen LogP contribution >= 0.6 is 11.5 Å². The lowest BCUT2D eigenvalue weighted by Crippen LogP contribution is -2.28. The van der Waals surface area contributed by atoms with E-state index in [-0.39, 0.29) is 11.5 Å². The largest absolute Gasteiger partial charge is 0.324 e. The first-order valence-electron chi connectivity index (χ1n) is 7.46. The fourth-order valence-corrected chi connectivity index (χ4v) is 3.50. The van der Waals surface area contributed by atoms with Crippen molar-refractivity contribution in [2.75, 3.05) is 5.32 Å². The molecule has 0 aliphatic heterocycles. The van der Waals surface area contributed by atoms with E-state index in [2.05, 4.69) is 5.32 Å². The minimum atomic E-state index is -0.556. The van der Waals surface area contributed by atoms with Gasteiger partial charge in [0, 0.05) is 5.69 Å². The average molecular weight is 326 g/mol. The molecule has 1 heterocycles. The summed E-state index contributed by atoms with van der Waals surface area (Å²) in [7, 11) is 0. The Hall–Kier alpha value is -2.40. The maximum Gasteiger partial charge on any atom is 0.269 e. The first-order chi connectivity index (χ1) is 11.0. The number of aryl methyl sites for hydroxylation is 2. The number of anilines is 1. The third-order valence-electron chi connectivity index (χ3n) is 3.90. The highest BCUT2D eigenvalue weighted by Gasteiger charge is 2.20. The fourth-order valence-electron chi connectivity index (χ4n) is 2.46. The van der Waals surface area contributed by atoms with Crippen LogP contribution < -0.4 is 10.9 Å². The lowest BCUT2D eigenvalue weighted by molar-refractivity contribution is -0.118. The molecule has 2 aromatic carbocycles. The van der Waals surface area contributed by atoms with Crippen LogP contribution in [0.3, 0.4) is 0 Å². The zero-order valence-electron chi connectivity index (χ0n) is 13.3. The summed E-state index contributed by atoms with van der Waals surface area (Å²) in [6.45, 7) is 5.68. The third-order valence-corrected chi connectivity index (χ3v) is 5.13. The van der Waals surface area contributed by atoms with Gasteiger partial charge in [0.2, 0.25) is 5.91 Å². The van der Waals surface area contributed by atoms with E-state index in [0.29, 0.717) is 5.39 Å². The second kappa shape index (κ2) is 6.01. The zero-order chi connectivity index (χ0) is 16.6. The Morgan fingerprint density at radius 2 is 1.91 bits per heavy atom. The topological polar surface area (TPSA) is 51.1 Å². The molecule has 3 aromatic rings. The maximum absolute atomic E-state index is 12.5. The summed E-state index contributed by atoms with van der Waals surface area (Å²) in [6.07, 6.45) is 0. The minimum absolute atomic E-state index is 0.116. The van der Waals surface area contributed by atoms with Crippen LogP contribution in [-0.4, -0.2) is 9.86 Å². The molecule has 0 unspecified atom stereocenters. The molecule has 1 amide bonds. The molecular weight excluding hydrogens is 308 g/mol. The smallest absolute Gasteiger partial charge is 0.269 e. The molecule has 5 heteroatoms. The van der Waals surface area contributed by atoms with Crippen molar-refractivity contribution in [3.63, 3.8) is 0 Å². The van der Waals surface area contributed by atoms with Crippen LogP contribution in [-0.2, 0) is 4.79 Å². The summed E-state index contributed by atoms with van der Waals surface area (Å²) in [5.41, 5.74) is 2.75. The molecule has 0 spiro atoms. The Morgan fingerprint density at radius 1 is 1.17 bits per heavy atom. The molecule has 1 aromatic heterocycles. The molecule has 0 aliphatic carbocycles. The van der Waals surface area contributed by atoms with Gasteiger partial charge in [0.25, 0.3) is 5.56 Å². The van der Waals surface area contributed by atoms with Gasteiger partial charge in [-0.15, -0.1) is 0 Å². The van der Waals surface area contributed by atoms with Crippen molar-refractivity contribution in [2.24, 2.45) is 0 Å². The molecule has 1 N–H and O–H groups in total. The normalized spacial score (nSPS) is 12.3. The SMILES string of the molecule is Cc1ccc(C)c(NC(=O)[C@H](C)n2sc3ccccc3c2=O)c1. The second-order valence-electron chi connectivity index (χ2n) is 5.70. The summed E-state index contributed by atoms with van der Waals surface area (Å²) in [4.78, 5) is 25.0. The number of aromatic nitrogens is 1. The van der Waals surface area contributed by atoms with E-state index < -0.39 is 6.04 Å². The highest BCUT2D eigenvalue weighted by atomic mass is 32.1. The second-order valence-corrected chi connectivity index (χ2v) is 6.72. The van der Waals surface area contributed by atoms with Crippen molar-refractivity contribution in [2.45, 2.75) is 26.8 Å². The van der Waals surface area contributed by atoms with Crippen molar-refractivity contribution < 1.29 is 4.79 Å². The molecule has 0 bridgehead atoms. The van der Waals surface area contributed by atoms with Gasteiger partial charge in [-0.1, -0.05) is 35.8 Å². The number of nitrogens with zero attached hydrogens (tertiary/aromatic N) is 1. The number of hydrogen-bond acceptors (Lipinski definition) is 3. The van der Waals surface area contributed by atoms with Gasteiger partial charge in [0.1, 0.15) is 6.04 Å². The Bertz CT molecular complexity index is 940. The van der Waals surface area contributed by atoms with E-state index in [1.165, 1.54) is 15.5 Å². The Morgan fingerprint density at radius 3 is 2.65 bits per heavy atom. The van der Waals surface area contributed by atoms with Crippen LogP contribution in [0.4, 0.5) is 5.69 Å². The molecule has 4 nitrogen and oxygen atoms in total. The zero-order valence-corrected chi connectivity index (χ0v) is 14.1. The summed E-state index contributed by atoms with van der Waals surface area (Å²) >= 11 is 1.32. The fraction of sp³-hybridized carbons (Fsp3) is 0.222. The third kappa shape index (κ3) is 2.92. The number of benzene rings is 2. The Balaban J connectivity index is 1.91. The standard InChI is InChI=1S/C18H18N2O2S/c1-11-8-9-12(2)15(10-11)19-17(21)13(3)20-18(22)14-6-4-5-7-16(14)23-20/h4-10,13H,1-3H3,(H,19,21)/t13-/m0/s1. The van der Waals surface area contributed by atoms with E-state index >= 15 is 0 Å². The molecule has 0 fully saturated rings. The van der Waals surface area contributed by atoms with Crippen LogP contribution in [0, 0.1) is 13.8 Å². The molecule has 0 saturated carbocycles. The van der Waals surface area contributed by atoms with Gasteiger partial charge >= 0.3 is 0 Å². The van der Waals surface area contributed by atoms with Crippen LogP contribution in [0.5, 0.6) is 0 Å². The van der Waals surface area contributed by atoms with E-state index in [1.54, 1.807) is 13.0 Å². The average Bonchev–Trinajstić information content (AvgIpc) is 2.87. The van der Waals surface area contributed by atoms with E-state index in [9.17, 15) is 9.59 Å². The van der Waals surface area contributed by atoms with Gasteiger partial charge < -0.3 is 5.32 Å². The van der Waals surface area contributed by atoms with Crippen LogP contribution in [0.15, 0.2) is 47.3 Å². The lowest BCUT2D eigenvalue weighted by atomic mass is 10.1. The van der Waals surface area contributed by atoms with Gasteiger partial charge in [0.05, 0.1) is 10.1 Å². The molecule has 1 atom stereocenters. The highest BCUT2D eigenvalue weighted by Crippen LogP contribution is 2.22. The number of rotatable bonds is 3. The maximum atomic E-state index is 12.5. The minimum Gasteiger partial charge on any atom is -0.324 e. The summed E-state index contributed by atoms with van der Waals surface area (Å²) < 4.78 is 2.43. The van der Waals surface area contributed by atoms with Crippen molar-refractivity contribution >= 4 is 33.2 Å². The number of amides is 1. The molecule has 0 aliphatic rings. The quantitative estimate of drug-likeness (QED) is 0.794. The number of fused-ring (bicyclic) bond motifs is 1. The first kappa shape index (κ1) is 15.5. The van der Waals surface area contributed by atoms with Crippen molar-refractivity contribution in [1.29, 1.82) is 0 Å². The first-order valence-corrected chi connectivity index (χ1v) is 8.23. The van der Waals surface area contributed by atoms with Crippen LogP contribution in [0.2, 0.25) is 0 Å². The monoisotopic (exact) mass is 326 g/mol. The number of carbonyl (C=O) groups excluding carboxylic acids is 1. The molecular formula is C18H18N2O2S. The molecule has 23 heavy (non-hydrogen) atoms. The summed E-state index contributed by atoms with van der Waals surface area (Å²) in [5, 5.41) is 3.59. The summed E-state index contributed by atoms with van der Waals surface area (Å²) in [6, 6.07) is 12.8. The summed E-state index contributed by atoms with van der Waals surface area (Å²) in [5.74, 6) is -0.188. The van der Waals surface area contributed by atoms with Gasteiger partial charge in [-0.05, 0) is 50.1 Å². The van der Waals surface area contributed by atoms with Crippen LogP contribution in [0.25, 0.3) is 10.1 Å². The van der Waals surface area contributed by atoms with Gasteiger partial charge in [-0.2, -0.15) is 0 Å².